The minimum atomic E-state index is 0.511. The molecule has 0 saturated carbocycles. The highest BCUT2D eigenvalue weighted by molar-refractivity contribution is 5.24. The number of rotatable bonds is 4. The van der Waals surface area contributed by atoms with E-state index in [2.05, 4.69) is 72.5 Å². The number of piperidine rings is 1. The number of hydrogen-bond acceptors (Lipinski definition) is 1. The fraction of sp³-hybridized carbons (Fsp3) is 0.400. The summed E-state index contributed by atoms with van der Waals surface area (Å²) in [5.41, 5.74) is 2.89. The van der Waals surface area contributed by atoms with Crippen molar-refractivity contribution in [3.63, 3.8) is 0 Å². The van der Waals surface area contributed by atoms with Gasteiger partial charge in [-0.25, -0.2) is 0 Å². The lowest BCUT2D eigenvalue weighted by atomic mass is 9.92. The Kier molecular flexibility index (Phi) is 4.72. The number of hydrogen-bond donors (Lipinski definition) is 0. The fourth-order valence-corrected chi connectivity index (χ4v) is 3.48. The molecule has 21 heavy (non-hydrogen) atoms. The summed E-state index contributed by atoms with van der Waals surface area (Å²) in [6.45, 7) is 4.85. The Morgan fingerprint density at radius 3 is 2.33 bits per heavy atom. The van der Waals surface area contributed by atoms with Gasteiger partial charge in [-0.2, -0.15) is 0 Å². The van der Waals surface area contributed by atoms with E-state index in [4.69, 9.17) is 0 Å². The maximum atomic E-state index is 2.69. The summed E-state index contributed by atoms with van der Waals surface area (Å²) in [6, 6.07) is 22.4. The van der Waals surface area contributed by atoms with Gasteiger partial charge in [0, 0.05) is 12.6 Å². The molecule has 3 rings (SSSR count). The average Bonchev–Trinajstić information content (AvgIpc) is 2.54. The fourth-order valence-electron chi connectivity index (χ4n) is 3.48. The molecule has 2 atom stereocenters. The van der Waals surface area contributed by atoms with Gasteiger partial charge in [0.2, 0.25) is 0 Å². The molecular formula is C20H25N. The van der Waals surface area contributed by atoms with Crippen LogP contribution in [0.25, 0.3) is 0 Å². The average molecular weight is 279 g/mol. The first-order valence-corrected chi connectivity index (χ1v) is 8.16. The first kappa shape index (κ1) is 14.3. The summed E-state index contributed by atoms with van der Waals surface area (Å²) in [7, 11) is 0. The molecule has 0 unspecified atom stereocenters. The minimum absolute atomic E-state index is 0.511. The lowest BCUT2D eigenvalue weighted by Gasteiger charge is -2.37. The van der Waals surface area contributed by atoms with Crippen molar-refractivity contribution in [3.8, 4) is 0 Å². The molecule has 1 nitrogen and oxygen atoms in total. The minimum Gasteiger partial charge on any atom is -0.296 e. The summed E-state index contributed by atoms with van der Waals surface area (Å²) < 4.78 is 0. The molecule has 2 aromatic carbocycles. The summed E-state index contributed by atoms with van der Waals surface area (Å²) in [6.07, 6.45) is 3.82. The Hall–Kier alpha value is -1.60. The van der Waals surface area contributed by atoms with Crippen LogP contribution in [0.15, 0.2) is 60.7 Å². The van der Waals surface area contributed by atoms with Crippen molar-refractivity contribution in [2.75, 3.05) is 13.1 Å². The van der Waals surface area contributed by atoms with E-state index >= 15 is 0 Å². The Labute approximate surface area is 128 Å². The van der Waals surface area contributed by atoms with E-state index in [0.29, 0.717) is 6.04 Å². The van der Waals surface area contributed by atoms with Gasteiger partial charge in [-0.15, -0.1) is 0 Å². The summed E-state index contributed by atoms with van der Waals surface area (Å²) in [5, 5.41) is 0. The van der Waals surface area contributed by atoms with Crippen molar-refractivity contribution < 1.29 is 0 Å². The predicted octanol–water partition coefficient (Wildman–Crippen LogP) is 4.70. The molecule has 1 fully saturated rings. The summed E-state index contributed by atoms with van der Waals surface area (Å²) >= 11 is 0. The molecule has 2 aromatic rings. The van der Waals surface area contributed by atoms with Crippen LogP contribution in [0, 0.1) is 5.92 Å². The predicted molar refractivity (Wildman–Crippen MR) is 89.3 cm³/mol. The van der Waals surface area contributed by atoms with Crippen LogP contribution in [-0.2, 0) is 6.42 Å². The molecule has 1 aliphatic heterocycles. The maximum Gasteiger partial charge on any atom is 0.0388 e. The molecule has 1 heteroatoms. The van der Waals surface area contributed by atoms with Crippen molar-refractivity contribution in [1.82, 2.24) is 4.90 Å². The lowest BCUT2D eigenvalue weighted by molar-refractivity contribution is 0.129. The van der Waals surface area contributed by atoms with Gasteiger partial charge in [0.25, 0.3) is 0 Å². The normalized spacial score (nSPS) is 21.1. The van der Waals surface area contributed by atoms with Crippen LogP contribution in [0.2, 0.25) is 0 Å². The van der Waals surface area contributed by atoms with E-state index in [1.165, 1.54) is 37.1 Å². The Morgan fingerprint density at radius 1 is 1.00 bits per heavy atom. The van der Waals surface area contributed by atoms with Crippen molar-refractivity contribution >= 4 is 0 Å². The quantitative estimate of drug-likeness (QED) is 0.784. The molecule has 0 aromatic heterocycles. The third kappa shape index (κ3) is 3.74. The zero-order chi connectivity index (χ0) is 14.5. The van der Waals surface area contributed by atoms with Crippen LogP contribution in [0.1, 0.15) is 36.9 Å². The zero-order valence-corrected chi connectivity index (χ0v) is 12.9. The van der Waals surface area contributed by atoms with Gasteiger partial charge in [0.05, 0.1) is 0 Å². The highest BCUT2D eigenvalue weighted by Gasteiger charge is 2.25. The molecule has 0 amide bonds. The Balaban J connectivity index is 1.84. The second kappa shape index (κ2) is 6.91. The SMILES string of the molecule is C[C@@H]1CCCN([C@@H](Cc2ccccc2)c2ccccc2)C1. The van der Waals surface area contributed by atoms with Crippen molar-refractivity contribution in [3.05, 3.63) is 71.8 Å². The smallest absolute Gasteiger partial charge is 0.0388 e. The maximum absolute atomic E-state index is 2.69. The summed E-state index contributed by atoms with van der Waals surface area (Å²) in [5.74, 6) is 0.820. The van der Waals surface area contributed by atoms with Gasteiger partial charge in [0.15, 0.2) is 0 Å². The van der Waals surface area contributed by atoms with Gasteiger partial charge in [-0.3, -0.25) is 4.90 Å². The topological polar surface area (TPSA) is 3.24 Å². The third-order valence-corrected chi connectivity index (χ3v) is 4.59. The molecule has 0 radical (unpaired) electrons. The molecular weight excluding hydrogens is 254 g/mol. The highest BCUT2D eigenvalue weighted by Crippen LogP contribution is 2.29. The van der Waals surface area contributed by atoms with E-state index in [1.54, 1.807) is 0 Å². The van der Waals surface area contributed by atoms with Crippen molar-refractivity contribution in [1.29, 1.82) is 0 Å². The van der Waals surface area contributed by atoms with Gasteiger partial charge >= 0.3 is 0 Å². The third-order valence-electron chi connectivity index (χ3n) is 4.59. The summed E-state index contributed by atoms with van der Waals surface area (Å²) in [4.78, 5) is 2.69. The molecule has 0 bridgehead atoms. The standard InChI is InChI=1S/C20H25N/c1-17-9-8-14-21(16-17)20(19-12-6-3-7-13-19)15-18-10-4-2-5-11-18/h2-7,10-13,17,20H,8-9,14-16H2,1H3/t17-,20+/m1/s1. The number of likely N-dealkylation sites (tertiary alicyclic amines) is 1. The molecule has 0 spiro atoms. The van der Waals surface area contributed by atoms with Crippen LogP contribution in [0.5, 0.6) is 0 Å². The molecule has 1 aliphatic rings. The lowest BCUT2D eigenvalue weighted by Crippen LogP contribution is -2.38. The van der Waals surface area contributed by atoms with Crippen LogP contribution < -0.4 is 0 Å². The molecule has 0 N–H and O–H groups in total. The van der Waals surface area contributed by atoms with Gasteiger partial charge < -0.3 is 0 Å². The molecule has 0 aliphatic carbocycles. The second-order valence-electron chi connectivity index (χ2n) is 6.36. The van der Waals surface area contributed by atoms with E-state index in [9.17, 15) is 0 Å². The van der Waals surface area contributed by atoms with Crippen LogP contribution in [-0.4, -0.2) is 18.0 Å². The van der Waals surface area contributed by atoms with E-state index in [-0.39, 0.29) is 0 Å². The monoisotopic (exact) mass is 279 g/mol. The van der Waals surface area contributed by atoms with Gasteiger partial charge in [-0.05, 0) is 42.9 Å². The van der Waals surface area contributed by atoms with Crippen LogP contribution in [0.3, 0.4) is 0 Å². The van der Waals surface area contributed by atoms with E-state index < -0.39 is 0 Å². The van der Waals surface area contributed by atoms with Crippen molar-refractivity contribution in [2.24, 2.45) is 5.92 Å². The van der Waals surface area contributed by atoms with Crippen molar-refractivity contribution in [2.45, 2.75) is 32.2 Å². The zero-order valence-electron chi connectivity index (χ0n) is 12.9. The van der Waals surface area contributed by atoms with E-state index in [1.807, 2.05) is 0 Å². The Bertz CT molecular complexity index is 534. The van der Waals surface area contributed by atoms with E-state index in [0.717, 1.165) is 12.3 Å². The van der Waals surface area contributed by atoms with Crippen LogP contribution >= 0.6 is 0 Å². The van der Waals surface area contributed by atoms with Gasteiger partial charge in [-0.1, -0.05) is 67.6 Å². The van der Waals surface area contributed by atoms with Crippen LogP contribution in [0.4, 0.5) is 0 Å². The molecule has 1 heterocycles. The first-order valence-electron chi connectivity index (χ1n) is 8.16. The Morgan fingerprint density at radius 2 is 1.67 bits per heavy atom. The largest absolute Gasteiger partial charge is 0.296 e. The number of benzene rings is 2. The highest BCUT2D eigenvalue weighted by atomic mass is 15.2. The van der Waals surface area contributed by atoms with Gasteiger partial charge in [0.1, 0.15) is 0 Å². The molecule has 1 saturated heterocycles. The number of nitrogens with zero attached hydrogens (tertiary/aromatic N) is 1. The first-order chi connectivity index (χ1) is 10.3. The molecule has 110 valence electrons. The second-order valence-corrected chi connectivity index (χ2v) is 6.36.